The van der Waals surface area contributed by atoms with Gasteiger partial charge in [0.05, 0.1) is 12.8 Å². The van der Waals surface area contributed by atoms with Gasteiger partial charge in [-0.15, -0.1) is 0 Å². The van der Waals surface area contributed by atoms with Crippen LogP contribution in [0.3, 0.4) is 0 Å². The average Bonchev–Trinajstić information content (AvgIpc) is 2.30. The Labute approximate surface area is 114 Å². The van der Waals surface area contributed by atoms with Gasteiger partial charge in [0.2, 0.25) is 11.8 Å². The number of primary amides is 1. The third-order valence-electron chi connectivity index (χ3n) is 2.35. The van der Waals surface area contributed by atoms with Crippen molar-refractivity contribution in [3.8, 4) is 0 Å². The van der Waals surface area contributed by atoms with Gasteiger partial charge in [-0.2, -0.15) is 0 Å². The number of carbonyl (C=O) groups excluding carboxylic acids is 2. The number of hydrogen-bond acceptors (Lipinski definition) is 3. The first-order valence-corrected chi connectivity index (χ1v) is 5.82. The Kier molecular flexibility index (Phi) is 5.32. The molecule has 1 atom stereocenters. The van der Waals surface area contributed by atoms with Gasteiger partial charge in [-0.3, -0.25) is 9.59 Å². The fourth-order valence-electron chi connectivity index (χ4n) is 1.46. The molecule has 0 bridgehead atoms. The molecule has 0 heterocycles. The van der Waals surface area contributed by atoms with E-state index in [1.54, 1.807) is 24.3 Å². The first-order chi connectivity index (χ1) is 8.90. The van der Waals surface area contributed by atoms with Gasteiger partial charge in [0.25, 0.3) is 0 Å². The minimum atomic E-state index is -1.33. The van der Waals surface area contributed by atoms with Crippen LogP contribution in [-0.2, 0) is 20.8 Å². The van der Waals surface area contributed by atoms with Crippen LogP contribution in [-0.4, -0.2) is 28.9 Å². The molecule has 1 rings (SSSR count). The van der Waals surface area contributed by atoms with Crippen molar-refractivity contribution in [2.45, 2.75) is 18.9 Å². The molecule has 0 saturated carbocycles. The monoisotopic (exact) mass is 284 g/mol. The second kappa shape index (κ2) is 6.75. The van der Waals surface area contributed by atoms with Gasteiger partial charge < -0.3 is 16.2 Å². The summed E-state index contributed by atoms with van der Waals surface area (Å²) in [4.78, 5) is 33.2. The summed E-state index contributed by atoms with van der Waals surface area (Å²) in [6, 6.07) is 5.39. The van der Waals surface area contributed by atoms with E-state index in [0.717, 1.165) is 0 Å². The molecular weight excluding hydrogens is 272 g/mol. The predicted molar refractivity (Wildman–Crippen MR) is 68.5 cm³/mol. The summed E-state index contributed by atoms with van der Waals surface area (Å²) in [7, 11) is 0. The second-order valence-electron chi connectivity index (χ2n) is 3.90. The Bertz CT molecular complexity index is 504. The van der Waals surface area contributed by atoms with Gasteiger partial charge in [-0.1, -0.05) is 29.8 Å². The number of rotatable bonds is 6. The lowest BCUT2D eigenvalue weighted by Gasteiger charge is -2.13. The molecule has 0 saturated heterocycles. The molecule has 0 aromatic heterocycles. The number of carboxylic acids is 1. The molecule has 0 aliphatic carbocycles. The van der Waals surface area contributed by atoms with E-state index in [1.165, 1.54) is 0 Å². The van der Waals surface area contributed by atoms with Crippen LogP contribution in [0.5, 0.6) is 0 Å². The summed E-state index contributed by atoms with van der Waals surface area (Å²) in [5.41, 5.74) is 5.48. The fraction of sp³-hybridized carbons (Fsp3) is 0.250. The van der Waals surface area contributed by atoms with Gasteiger partial charge in [0, 0.05) is 5.02 Å². The lowest BCUT2D eigenvalue weighted by Crippen LogP contribution is -2.43. The Balaban J connectivity index is 2.65. The zero-order valence-electron chi connectivity index (χ0n) is 9.93. The zero-order chi connectivity index (χ0) is 14.4. The topological polar surface area (TPSA) is 109 Å². The van der Waals surface area contributed by atoms with Crippen LogP contribution in [0.1, 0.15) is 12.0 Å². The number of halogens is 1. The van der Waals surface area contributed by atoms with Crippen LogP contribution in [0.25, 0.3) is 0 Å². The van der Waals surface area contributed by atoms with Crippen molar-refractivity contribution < 1.29 is 19.5 Å². The first-order valence-electron chi connectivity index (χ1n) is 5.44. The molecule has 19 heavy (non-hydrogen) atoms. The smallest absolute Gasteiger partial charge is 0.326 e. The Morgan fingerprint density at radius 3 is 2.47 bits per heavy atom. The fourth-order valence-corrected chi connectivity index (χ4v) is 1.66. The number of carbonyl (C=O) groups is 3. The second-order valence-corrected chi connectivity index (χ2v) is 4.30. The highest BCUT2D eigenvalue weighted by Crippen LogP contribution is 2.15. The minimum Gasteiger partial charge on any atom is -0.480 e. The highest BCUT2D eigenvalue weighted by atomic mass is 35.5. The van der Waals surface area contributed by atoms with Gasteiger partial charge in [0.15, 0.2) is 0 Å². The molecule has 4 N–H and O–H groups in total. The summed E-state index contributed by atoms with van der Waals surface area (Å²) in [5.74, 6) is -2.65. The number of benzene rings is 1. The number of aliphatic carboxylic acids is 1. The molecule has 0 fully saturated rings. The largest absolute Gasteiger partial charge is 0.480 e. The zero-order valence-corrected chi connectivity index (χ0v) is 10.7. The van der Waals surface area contributed by atoms with Crippen molar-refractivity contribution in [3.05, 3.63) is 34.9 Å². The lowest BCUT2D eigenvalue weighted by atomic mass is 10.1. The summed E-state index contributed by atoms with van der Waals surface area (Å²) in [6.45, 7) is 0. The van der Waals surface area contributed by atoms with E-state index in [2.05, 4.69) is 5.32 Å². The van der Waals surface area contributed by atoms with E-state index in [9.17, 15) is 14.4 Å². The predicted octanol–water partition coefficient (Wildman–Crippen LogP) is 0.327. The number of amides is 2. The van der Waals surface area contributed by atoms with Crippen LogP contribution >= 0.6 is 11.6 Å². The van der Waals surface area contributed by atoms with Gasteiger partial charge in [-0.05, 0) is 11.6 Å². The van der Waals surface area contributed by atoms with Crippen molar-refractivity contribution in [2.75, 3.05) is 0 Å². The van der Waals surface area contributed by atoms with Gasteiger partial charge in [-0.25, -0.2) is 4.79 Å². The molecule has 1 aromatic carbocycles. The van der Waals surface area contributed by atoms with E-state index in [-0.39, 0.29) is 6.42 Å². The maximum absolute atomic E-state index is 11.7. The summed E-state index contributed by atoms with van der Waals surface area (Å²) < 4.78 is 0. The first kappa shape index (κ1) is 15.0. The van der Waals surface area contributed by atoms with Crippen LogP contribution < -0.4 is 11.1 Å². The van der Waals surface area contributed by atoms with E-state index in [0.29, 0.717) is 10.6 Å². The normalized spacial score (nSPS) is 11.6. The number of nitrogens with one attached hydrogen (secondary N) is 1. The third-order valence-corrected chi connectivity index (χ3v) is 2.72. The summed E-state index contributed by atoms with van der Waals surface area (Å²) >= 11 is 5.88. The molecule has 0 radical (unpaired) electrons. The third kappa shape index (κ3) is 4.97. The SMILES string of the molecule is NC(=O)C[C@@H](NC(=O)Cc1ccccc1Cl)C(=O)O. The molecule has 0 aliphatic rings. The van der Waals surface area contributed by atoms with Crippen molar-refractivity contribution in [1.82, 2.24) is 5.32 Å². The standard InChI is InChI=1S/C12H13ClN2O4/c13-8-4-2-1-3-7(8)5-11(17)15-9(12(18)19)6-10(14)16/h1-4,9H,5-6H2,(H2,14,16)(H,15,17)(H,18,19)/t9-/m1/s1. The van der Waals surface area contributed by atoms with Crippen molar-refractivity contribution in [2.24, 2.45) is 5.73 Å². The molecule has 2 amide bonds. The van der Waals surface area contributed by atoms with E-state index in [1.807, 2.05) is 0 Å². The maximum atomic E-state index is 11.7. The van der Waals surface area contributed by atoms with E-state index in [4.69, 9.17) is 22.4 Å². The van der Waals surface area contributed by atoms with Crippen molar-refractivity contribution in [3.63, 3.8) is 0 Å². The van der Waals surface area contributed by atoms with Crippen LogP contribution in [0.4, 0.5) is 0 Å². The van der Waals surface area contributed by atoms with Crippen LogP contribution in [0.15, 0.2) is 24.3 Å². The molecule has 7 heteroatoms. The number of nitrogens with two attached hydrogens (primary N) is 1. The average molecular weight is 285 g/mol. The van der Waals surface area contributed by atoms with E-state index >= 15 is 0 Å². The number of carboxylic acid groups (broad SMARTS) is 1. The maximum Gasteiger partial charge on any atom is 0.326 e. The van der Waals surface area contributed by atoms with Crippen molar-refractivity contribution >= 4 is 29.4 Å². The van der Waals surface area contributed by atoms with Crippen LogP contribution in [0.2, 0.25) is 5.02 Å². The van der Waals surface area contributed by atoms with E-state index < -0.39 is 30.2 Å². The molecule has 0 aliphatic heterocycles. The minimum absolute atomic E-state index is 0.0672. The van der Waals surface area contributed by atoms with Gasteiger partial charge >= 0.3 is 5.97 Å². The Hall–Kier alpha value is -2.08. The molecule has 1 aromatic rings. The highest BCUT2D eigenvalue weighted by Gasteiger charge is 2.22. The summed E-state index contributed by atoms with van der Waals surface area (Å²) in [5, 5.41) is 11.5. The number of hydrogen-bond donors (Lipinski definition) is 3. The van der Waals surface area contributed by atoms with Gasteiger partial charge in [0.1, 0.15) is 6.04 Å². The Morgan fingerprint density at radius 2 is 1.95 bits per heavy atom. The molecule has 0 unspecified atom stereocenters. The molecule has 102 valence electrons. The highest BCUT2D eigenvalue weighted by molar-refractivity contribution is 6.31. The lowest BCUT2D eigenvalue weighted by molar-refractivity contribution is -0.143. The Morgan fingerprint density at radius 1 is 1.32 bits per heavy atom. The quantitative estimate of drug-likeness (QED) is 0.699. The molecule has 6 nitrogen and oxygen atoms in total. The van der Waals surface area contributed by atoms with Crippen molar-refractivity contribution in [1.29, 1.82) is 0 Å². The van der Waals surface area contributed by atoms with Crippen LogP contribution in [0, 0.1) is 0 Å². The molecule has 0 spiro atoms. The molecular formula is C12H13ClN2O4. The summed E-state index contributed by atoms with van der Waals surface area (Å²) in [6.07, 6.45) is -0.522.